The number of carbonyl (C=O) groups excluding carboxylic acids is 1. The highest BCUT2D eigenvalue weighted by Crippen LogP contribution is 2.26. The Morgan fingerprint density at radius 2 is 2.00 bits per heavy atom. The number of anilines is 1. The van der Waals surface area contributed by atoms with Crippen molar-refractivity contribution in [1.29, 1.82) is 0 Å². The topological polar surface area (TPSA) is 69.6 Å². The number of hydrogen-bond acceptors (Lipinski definition) is 2. The van der Waals surface area contributed by atoms with Gasteiger partial charge in [0.2, 0.25) is 0 Å². The van der Waals surface area contributed by atoms with E-state index in [-0.39, 0.29) is 0 Å². The molecule has 114 valence electrons. The maximum absolute atomic E-state index is 12.3. The molecule has 1 atom stereocenters. The Morgan fingerprint density at radius 3 is 2.67 bits per heavy atom. The lowest BCUT2D eigenvalue weighted by Crippen LogP contribution is -2.46. The smallest absolute Gasteiger partial charge is 0.326 e. The van der Waals surface area contributed by atoms with Gasteiger partial charge in [-0.05, 0) is 31.0 Å². The largest absolute Gasteiger partial charge is 0.480 e. The second-order valence-electron chi connectivity index (χ2n) is 4.95. The summed E-state index contributed by atoms with van der Waals surface area (Å²) in [7, 11) is 0. The summed E-state index contributed by atoms with van der Waals surface area (Å²) < 4.78 is 0. The second-order valence-corrected chi connectivity index (χ2v) is 5.79. The van der Waals surface area contributed by atoms with E-state index in [0.29, 0.717) is 28.7 Å². The van der Waals surface area contributed by atoms with Crippen molar-refractivity contribution in [3.05, 3.63) is 28.2 Å². The van der Waals surface area contributed by atoms with Crippen LogP contribution in [-0.2, 0) is 4.79 Å². The Labute approximate surface area is 132 Å². The monoisotopic (exact) mass is 330 g/mol. The number of carbonyl (C=O) groups is 2. The third-order valence-corrected chi connectivity index (χ3v) is 4.02. The van der Waals surface area contributed by atoms with E-state index in [9.17, 15) is 14.7 Å². The highest BCUT2D eigenvalue weighted by molar-refractivity contribution is 6.36. The molecule has 1 unspecified atom stereocenters. The summed E-state index contributed by atoms with van der Waals surface area (Å²) in [4.78, 5) is 25.0. The average molecular weight is 331 g/mol. The molecule has 0 spiro atoms. The lowest BCUT2D eigenvalue weighted by Gasteiger charge is -2.27. The van der Waals surface area contributed by atoms with Crippen LogP contribution in [0.3, 0.4) is 0 Å². The maximum atomic E-state index is 12.3. The van der Waals surface area contributed by atoms with Crippen LogP contribution in [0.15, 0.2) is 18.2 Å². The van der Waals surface area contributed by atoms with Crippen LogP contribution in [0.1, 0.15) is 25.7 Å². The fourth-order valence-corrected chi connectivity index (χ4v) is 2.84. The minimum Gasteiger partial charge on any atom is -0.480 e. The predicted octanol–water partition coefficient (Wildman–Crippen LogP) is 3.85. The number of amides is 2. The Hall–Kier alpha value is -1.46. The lowest BCUT2D eigenvalue weighted by molar-refractivity contribution is -0.142. The molecule has 2 rings (SSSR count). The maximum Gasteiger partial charge on any atom is 0.326 e. The van der Waals surface area contributed by atoms with E-state index >= 15 is 0 Å². The number of carboxylic acids is 1. The van der Waals surface area contributed by atoms with Gasteiger partial charge in [0.15, 0.2) is 0 Å². The van der Waals surface area contributed by atoms with Crippen molar-refractivity contribution in [2.24, 2.45) is 0 Å². The molecule has 7 heteroatoms. The summed E-state index contributed by atoms with van der Waals surface area (Å²) >= 11 is 11.8. The molecule has 1 saturated heterocycles. The van der Waals surface area contributed by atoms with Crippen LogP contribution in [0, 0.1) is 0 Å². The highest BCUT2D eigenvalue weighted by Gasteiger charge is 2.30. The summed E-state index contributed by atoms with van der Waals surface area (Å²) in [5.74, 6) is -0.978. The van der Waals surface area contributed by atoms with Crippen LogP contribution in [0.2, 0.25) is 10.0 Å². The molecule has 0 bridgehead atoms. The molecule has 0 saturated carbocycles. The number of rotatable bonds is 2. The molecular formula is C14H16Cl2N2O3. The van der Waals surface area contributed by atoms with E-state index in [0.717, 1.165) is 19.3 Å². The Kier molecular flexibility index (Phi) is 5.31. The first-order valence-electron chi connectivity index (χ1n) is 6.74. The molecule has 5 nitrogen and oxygen atoms in total. The first kappa shape index (κ1) is 15.9. The number of nitrogens with one attached hydrogen (secondary N) is 1. The van der Waals surface area contributed by atoms with Gasteiger partial charge in [-0.15, -0.1) is 0 Å². The summed E-state index contributed by atoms with van der Waals surface area (Å²) in [5, 5.41) is 12.7. The van der Waals surface area contributed by atoms with Crippen LogP contribution in [0.5, 0.6) is 0 Å². The van der Waals surface area contributed by atoms with Crippen molar-refractivity contribution in [3.63, 3.8) is 0 Å². The van der Waals surface area contributed by atoms with Gasteiger partial charge in [0, 0.05) is 11.6 Å². The summed E-state index contributed by atoms with van der Waals surface area (Å²) in [6.07, 6.45) is 3.00. The summed E-state index contributed by atoms with van der Waals surface area (Å²) in [6, 6.07) is 3.48. The molecule has 1 heterocycles. The first-order valence-corrected chi connectivity index (χ1v) is 7.50. The van der Waals surface area contributed by atoms with Crippen molar-refractivity contribution >= 4 is 40.9 Å². The number of likely N-dealkylation sites (tertiary alicyclic amines) is 1. The Balaban J connectivity index is 2.14. The van der Waals surface area contributed by atoms with Crippen LogP contribution < -0.4 is 5.32 Å². The van der Waals surface area contributed by atoms with E-state index in [1.54, 1.807) is 12.1 Å². The number of hydrogen-bond donors (Lipinski definition) is 2. The molecule has 2 N–H and O–H groups in total. The fourth-order valence-electron chi connectivity index (χ4n) is 2.39. The van der Waals surface area contributed by atoms with E-state index < -0.39 is 18.0 Å². The van der Waals surface area contributed by atoms with Gasteiger partial charge in [0.05, 0.1) is 10.7 Å². The molecule has 1 aromatic carbocycles. The van der Waals surface area contributed by atoms with E-state index in [1.165, 1.54) is 11.0 Å². The van der Waals surface area contributed by atoms with Crippen molar-refractivity contribution < 1.29 is 14.7 Å². The number of benzene rings is 1. The first-order chi connectivity index (χ1) is 9.99. The third kappa shape index (κ3) is 4.02. The van der Waals surface area contributed by atoms with Gasteiger partial charge in [-0.1, -0.05) is 36.0 Å². The SMILES string of the molecule is O=C(O)C1CCCCCN1C(=O)Nc1ccc(Cl)cc1Cl. The van der Waals surface area contributed by atoms with Gasteiger partial charge in [0.25, 0.3) is 0 Å². The molecule has 1 aliphatic rings. The number of nitrogens with zero attached hydrogens (tertiary/aromatic N) is 1. The fraction of sp³-hybridized carbons (Fsp3) is 0.429. The molecule has 1 aliphatic heterocycles. The average Bonchev–Trinajstić information content (AvgIpc) is 2.67. The predicted molar refractivity (Wildman–Crippen MR) is 82.1 cm³/mol. The highest BCUT2D eigenvalue weighted by atomic mass is 35.5. The van der Waals surface area contributed by atoms with Gasteiger partial charge < -0.3 is 15.3 Å². The van der Waals surface area contributed by atoms with Gasteiger partial charge in [0.1, 0.15) is 6.04 Å². The van der Waals surface area contributed by atoms with Gasteiger partial charge >= 0.3 is 12.0 Å². The zero-order chi connectivity index (χ0) is 15.4. The number of halogens is 2. The molecule has 1 fully saturated rings. The second kappa shape index (κ2) is 7.00. The number of aliphatic carboxylic acids is 1. The number of carboxylic acid groups (broad SMARTS) is 1. The molecule has 0 aromatic heterocycles. The van der Waals surface area contributed by atoms with Crippen LogP contribution in [0.4, 0.5) is 10.5 Å². The molecule has 0 aliphatic carbocycles. The zero-order valence-electron chi connectivity index (χ0n) is 11.3. The quantitative estimate of drug-likeness (QED) is 0.865. The van der Waals surface area contributed by atoms with Crippen molar-refractivity contribution in [2.75, 3.05) is 11.9 Å². The minimum atomic E-state index is -0.978. The minimum absolute atomic E-state index is 0.317. The van der Waals surface area contributed by atoms with Gasteiger partial charge in [-0.25, -0.2) is 9.59 Å². The Morgan fingerprint density at radius 1 is 1.24 bits per heavy atom. The van der Waals surface area contributed by atoms with Gasteiger partial charge in [-0.3, -0.25) is 0 Å². The number of urea groups is 1. The lowest BCUT2D eigenvalue weighted by atomic mass is 10.1. The standard InChI is InChI=1S/C14H16Cl2N2O3/c15-9-5-6-11(10(16)8-9)17-14(21)18-7-3-1-2-4-12(18)13(19)20/h5-6,8,12H,1-4,7H2,(H,17,21)(H,19,20). The van der Waals surface area contributed by atoms with E-state index in [4.69, 9.17) is 23.2 Å². The normalized spacial score (nSPS) is 19.0. The zero-order valence-corrected chi connectivity index (χ0v) is 12.8. The third-order valence-electron chi connectivity index (χ3n) is 3.47. The van der Waals surface area contributed by atoms with Crippen LogP contribution in [-0.4, -0.2) is 34.6 Å². The Bertz CT molecular complexity index is 551. The van der Waals surface area contributed by atoms with Crippen molar-refractivity contribution in [1.82, 2.24) is 4.90 Å². The molecule has 0 radical (unpaired) electrons. The van der Waals surface area contributed by atoms with E-state index in [1.807, 2.05) is 0 Å². The molecule has 21 heavy (non-hydrogen) atoms. The van der Waals surface area contributed by atoms with Crippen LogP contribution in [0.25, 0.3) is 0 Å². The summed E-state index contributed by atoms with van der Waals surface area (Å²) in [5.41, 5.74) is 0.416. The molecular weight excluding hydrogens is 315 g/mol. The van der Waals surface area contributed by atoms with Crippen molar-refractivity contribution in [2.45, 2.75) is 31.7 Å². The van der Waals surface area contributed by atoms with Crippen LogP contribution >= 0.6 is 23.2 Å². The summed E-state index contributed by atoms with van der Waals surface area (Å²) in [6.45, 7) is 0.425. The molecule has 1 aromatic rings. The molecule has 2 amide bonds. The van der Waals surface area contributed by atoms with Crippen molar-refractivity contribution in [3.8, 4) is 0 Å². The van der Waals surface area contributed by atoms with Gasteiger partial charge in [-0.2, -0.15) is 0 Å². The van der Waals surface area contributed by atoms with E-state index in [2.05, 4.69) is 5.32 Å².